The number of nitrogens with one attached hydrogen (secondary N) is 2. The van der Waals surface area contributed by atoms with Gasteiger partial charge >= 0.3 is 12.2 Å². The molecule has 16 nitrogen and oxygen atoms in total. The van der Waals surface area contributed by atoms with Crippen molar-refractivity contribution >= 4 is 46.9 Å². The fourth-order valence-corrected chi connectivity index (χ4v) is 6.63. The van der Waals surface area contributed by atoms with E-state index in [2.05, 4.69) is 20.5 Å². The molecule has 2 aliphatic rings. The number of amides is 4. The molecule has 0 bridgehead atoms. The highest BCUT2D eigenvalue weighted by Gasteiger charge is 2.34. The lowest BCUT2D eigenvalue weighted by Gasteiger charge is -2.14. The lowest BCUT2D eigenvalue weighted by molar-refractivity contribution is -0.120. The molecule has 2 atom stereocenters. The molecule has 4 heterocycles. The Hall–Kier alpha value is -8.30. The molecule has 0 unspecified atom stereocenters. The van der Waals surface area contributed by atoms with E-state index in [0.717, 1.165) is 5.76 Å². The first kappa shape index (κ1) is 47.2. The van der Waals surface area contributed by atoms with Gasteiger partial charge in [0.05, 0.1) is 69.7 Å². The average Bonchev–Trinajstić information content (AvgIpc) is 4.16. The van der Waals surface area contributed by atoms with Crippen LogP contribution in [-0.4, -0.2) is 68.2 Å². The second-order valence-electron chi connectivity index (χ2n) is 14.7. The number of hydrogen-bond acceptors (Lipinski definition) is 10. The minimum absolute atomic E-state index is 0.207. The Morgan fingerprint density at radius 1 is 0.727 bits per heavy atom. The lowest BCUT2D eigenvalue weighted by atomic mass is 10.0. The van der Waals surface area contributed by atoms with Crippen molar-refractivity contribution in [3.05, 3.63) is 162 Å². The zero-order valence-corrected chi connectivity index (χ0v) is 35.9. The molecule has 2 saturated heterocycles. The number of benzene rings is 4. The quantitative estimate of drug-likeness (QED) is 0.0534. The topological polar surface area (TPSA) is 212 Å². The summed E-state index contributed by atoms with van der Waals surface area (Å²) in [6, 6.07) is 30.0. The van der Waals surface area contributed by atoms with Crippen molar-refractivity contribution in [3.8, 4) is 22.3 Å². The minimum atomic E-state index is -0.578. The van der Waals surface area contributed by atoms with Gasteiger partial charge < -0.3 is 40.4 Å². The van der Waals surface area contributed by atoms with Crippen LogP contribution >= 0.6 is 0 Å². The number of furan rings is 2. The van der Waals surface area contributed by atoms with Crippen LogP contribution in [0.25, 0.3) is 27.1 Å². The van der Waals surface area contributed by atoms with Gasteiger partial charge in [-0.15, -0.1) is 0 Å². The van der Waals surface area contributed by atoms with Crippen molar-refractivity contribution < 1.29 is 46.3 Å². The van der Waals surface area contributed by atoms with Gasteiger partial charge in [0.25, 0.3) is 0 Å². The molecule has 6 aromatic rings. The molecule has 0 saturated carbocycles. The fraction of sp³-hybridized carbons (Fsp3) is 0.208. The molecule has 8 rings (SSSR count). The maximum absolute atomic E-state index is 14.9. The third-order valence-electron chi connectivity index (χ3n) is 10.00. The number of hydrogen-bond donors (Lipinski definition) is 4. The number of anilines is 2. The molecule has 2 aromatic heterocycles. The summed E-state index contributed by atoms with van der Waals surface area (Å²) in [4.78, 5) is 56.5. The van der Waals surface area contributed by atoms with Gasteiger partial charge in [0.1, 0.15) is 41.2 Å². The van der Waals surface area contributed by atoms with Crippen molar-refractivity contribution in [2.75, 3.05) is 36.0 Å². The van der Waals surface area contributed by atoms with Gasteiger partial charge in [-0.25, -0.2) is 23.2 Å². The maximum atomic E-state index is 14.9. The third kappa shape index (κ3) is 12.7. The first-order valence-electron chi connectivity index (χ1n) is 20.5. The van der Waals surface area contributed by atoms with Gasteiger partial charge in [0.2, 0.25) is 11.8 Å². The molecule has 340 valence electrons. The van der Waals surface area contributed by atoms with Crippen LogP contribution in [0.3, 0.4) is 0 Å². The Morgan fingerprint density at radius 2 is 1.20 bits per heavy atom. The Balaban J connectivity index is 0.000000194. The van der Waals surface area contributed by atoms with Crippen molar-refractivity contribution in [2.24, 2.45) is 16.5 Å². The molecule has 4 aromatic carbocycles. The van der Waals surface area contributed by atoms with E-state index in [-0.39, 0.29) is 38.0 Å². The van der Waals surface area contributed by atoms with E-state index in [1.807, 2.05) is 18.2 Å². The summed E-state index contributed by atoms with van der Waals surface area (Å²) >= 11 is 0. The highest BCUT2D eigenvalue weighted by molar-refractivity contribution is 5.98. The van der Waals surface area contributed by atoms with Crippen molar-refractivity contribution in [1.29, 1.82) is 0 Å². The number of halogens is 2. The van der Waals surface area contributed by atoms with E-state index in [4.69, 9.17) is 36.3 Å². The highest BCUT2D eigenvalue weighted by atomic mass is 19.1. The van der Waals surface area contributed by atoms with E-state index in [9.17, 15) is 28.0 Å². The normalized spacial score (nSPS) is 15.4. The van der Waals surface area contributed by atoms with Gasteiger partial charge in [-0.3, -0.25) is 24.4 Å². The average molecular weight is 901 g/mol. The number of rotatable bonds is 12. The zero-order chi connectivity index (χ0) is 47.2. The number of ether oxygens (including phenoxy) is 2. The molecule has 0 radical (unpaired) electrons. The number of nitrogens with zero attached hydrogens (tertiary/aromatic N) is 4. The second kappa shape index (κ2) is 22.4. The van der Waals surface area contributed by atoms with E-state index >= 15 is 0 Å². The van der Waals surface area contributed by atoms with Crippen molar-refractivity contribution in [3.63, 3.8) is 0 Å². The van der Waals surface area contributed by atoms with Crippen LogP contribution in [0.15, 0.2) is 136 Å². The number of cyclic esters (lactones) is 2. The van der Waals surface area contributed by atoms with E-state index in [1.165, 1.54) is 35.8 Å². The van der Waals surface area contributed by atoms with Crippen LogP contribution in [-0.2, 0) is 32.2 Å². The van der Waals surface area contributed by atoms with Gasteiger partial charge in [0.15, 0.2) is 5.69 Å². The molecule has 4 amide bonds. The van der Waals surface area contributed by atoms with E-state index < -0.39 is 36.0 Å². The Bertz CT molecular complexity index is 2690. The van der Waals surface area contributed by atoms with E-state index in [0.29, 0.717) is 69.6 Å². The van der Waals surface area contributed by atoms with Crippen molar-refractivity contribution in [2.45, 2.75) is 39.1 Å². The fourth-order valence-electron chi connectivity index (χ4n) is 6.63. The smallest absolute Gasteiger partial charge is 0.414 e. The first-order chi connectivity index (χ1) is 31.8. The van der Waals surface area contributed by atoms with Gasteiger partial charge in [-0.05, 0) is 71.8 Å². The minimum Gasteiger partial charge on any atom is -0.468 e. The van der Waals surface area contributed by atoms with Crippen LogP contribution in [0, 0.1) is 18.2 Å². The number of nitrogens with two attached hydrogens (primary N) is 2. The summed E-state index contributed by atoms with van der Waals surface area (Å²) in [6.45, 7) is 11.4. The predicted molar refractivity (Wildman–Crippen MR) is 242 cm³/mol. The van der Waals surface area contributed by atoms with Crippen LogP contribution < -0.4 is 31.9 Å². The standard InChI is InChI=1S/C24H23FN4O4.C19H16FN3O3.C5H7NO/c1-15(30)27-13-20-14-29(24(31)33-20)18-8-9-21(22(25)11-18)16-4-6-17(7-5-16)23(26)28-12-19-3-2-10-32-19;1-12(24)22-10-16-11-23(19(25)26-16)15-7-8-17(18(20)9-15)13-3-5-14(21-2)6-4-13;6-4-5-2-1-3-7-5/h2-11,20H,12-14H2,1H3,(H2,26,28)(H,27,30);3-9,16H,10-11H2,1H3,(H,22,24);1-3H,4,6H2/t20-;16-;/m00./s1. The van der Waals surface area contributed by atoms with Gasteiger partial charge in [-0.2, -0.15) is 0 Å². The monoisotopic (exact) mass is 900 g/mol. The first-order valence-corrected chi connectivity index (χ1v) is 20.5. The summed E-state index contributed by atoms with van der Waals surface area (Å²) in [6.07, 6.45) is 1.07. The molecule has 6 N–H and O–H groups in total. The number of carbonyl (C=O) groups excluding carboxylic acids is 4. The van der Waals surface area contributed by atoms with Crippen molar-refractivity contribution in [1.82, 2.24) is 10.6 Å². The SMILES string of the molecule is CC(=O)NC[C@H]1CN(c2ccc(-c3ccc(C(N)=NCc4ccco4)cc3)c(F)c2)C(=O)O1.NCc1ccco1.[C-]#[N+]c1ccc(-c2ccc(N3C[C@H](CNC(C)=O)OC3=O)cc2F)cc1. The Kier molecular flexibility index (Phi) is 16.0. The number of carbonyl (C=O) groups is 4. The Morgan fingerprint density at radius 3 is 1.59 bits per heavy atom. The number of amidine groups is 1. The maximum Gasteiger partial charge on any atom is 0.414 e. The molecular weight excluding hydrogens is 855 g/mol. The summed E-state index contributed by atoms with van der Waals surface area (Å²) < 4.78 is 50.0. The largest absolute Gasteiger partial charge is 0.468 e. The molecule has 0 aliphatic carbocycles. The van der Waals surface area contributed by atoms with Crippen LogP contribution in [0.1, 0.15) is 30.9 Å². The lowest BCUT2D eigenvalue weighted by Crippen LogP contribution is -2.33. The summed E-state index contributed by atoms with van der Waals surface area (Å²) in [5.41, 5.74) is 15.3. The van der Waals surface area contributed by atoms with E-state index in [1.54, 1.807) is 91.4 Å². The van der Waals surface area contributed by atoms with Gasteiger partial charge in [-0.1, -0.05) is 48.5 Å². The van der Waals surface area contributed by atoms with Crippen LogP contribution in [0.4, 0.5) is 35.4 Å². The molecule has 18 heteroatoms. The molecule has 66 heavy (non-hydrogen) atoms. The summed E-state index contributed by atoms with van der Waals surface area (Å²) in [5, 5.41) is 5.20. The molecule has 0 spiro atoms. The second-order valence-corrected chi connectivity index (χ2v) is 14.7. The molecular formula is C48H46F2N8O8. The van der Waals surface area contributed by atoms with Gasteiger partial charge in [0, 0.05) is 30.5 Å². The summed E-state index contributed by atoms with van der Waals surface area (Å²) in [5.74, 6) is 0.528. The summed E-state index contributed by atoms with van der Waals surface area (Å²) in [7, 11) is 0. The molecule has 2 fully saturated rings. The molecule has 2 aliphatic heterocycles. The van der Waals surface area contributed by atoms with Crippen LogP contribution in [0.2, 0.25) is 0 Å². The van der Waals surface area contributed by atoms with Crippen LogP contribution in [0.5, 0.6) is 0 Å². The third-order valence-corrected chi connectivity index (χ3v) is 10.00. The predicted octanol–water partition coefficient (Wildman–Crippen LogP) is 7.70. The highest BCUT2D eigenvalue weighted by Crippen LogP contribution is 2.31. The number of aliphatic imine (C=N–C) groups is 1. The Labute approximate surface area is 378 Å². The zero-order valence-electron chi connectivity index (χ0n) is 35.9.